The van der Waals surface area contributed by atoms with E-state index in [0.717, 1.165) is 19.3 Å². The lowest BCUT2D eigenvalue weighted by molar-refractivity contribution is 0.0874. The number of hydrogen-bond donors (Lipinski definition) is 1. The molecule has 1 aliphatic rings. The number of rotatable bonds is 2. The minimum Gasteiger partial charge on any atom is -0.440 e. The highest BCUT2D eigenvalue weighted by Gasteiger charge is 2.34. The zero-order valence-corrected chi connectivity index (χ0v) is 10.1. The van der Waals surface area contributed by atoms with E-state index in [9.17, 15) is 10.1 Å². The Morgan fingerprint density at radius 1 is 1.41 bits per heavy atom. The van der Waals surface area contributed by atoms with Crippen molar-refractivity contribution < 1.29 is 9.21 Å². The Bertz CT molecular complexity index is 455. The lowest BCUT2D eigenvalue weighted by Crippen LogP contribution is -2.48. The molecule has 1 N–H and O–H groups in total. The Labute approximate surface area is 105 Å². The summed E-state index contributed by atoms with van der Waals surface area (Å²) in [4.78, 5) is 11.9. The maximum atomic E-state index is 11.9. The smallest absolute Gasteiger partial charge is 0.288 e. The highest BCUT2D eigenvalue weighted by Crippen LogP contribution is 2.28. The van der Waals surface area contributed by atoms with Crippen molar-refractivity contribution in [1.82, 2.24) is 5.32 Å². The Morgan fingerprint density at radius 3 is 2.65 bits per heavy atom. The number of halogens is 1. The maximum absolute atomic E-state index is 11.9. The third-order valence-corrected chi connectivity index (χ3v) is 3.27. The summed E-state index contributed by atoms with van der Waals surface area (Å²) in [7, 11) is 0. The first-order valence-electron chi connectivity index (χ1n) is 5.64. The summed E-state index contributed by atoms with van der Waals surface area (Å²) in [6, 6.07) is 5.23. The molecular formula is C12H13ClN2O2. The third-order valence-electron chi connectivity index (χ3n) is 3.07. The molecule has 1 aromatic rings. The van der Waals surface area contributed by atoms with Gasteiger partial charge in [0.15, 0.2) is 11.0 Å². The van der Waals surface area contributed by atoms with Crippen molar-refractivity contribution in [3.05, 3.63) is 23.1 Å². The molecule has 4 nitrogen and oxygen atoms in total. The number of nitrogens with zero attached hydrogens (tertiary/aromatic N) is 1. The molecule has 1 amide bonds. The Balaban J connectivity index is 2.09. The molecule has 0 unspecified atom stereocenters. The first-order chi connectivity index (χ1) is 8.15. The summed E-state index contributed by atoms with van der Waals surface area (Å²) < 4.78 is 5.02. The molecular weight excluding hydrogens is 240 g/mol. The number of carbonyl (C=O) groups is 1. The van der Waals surface area contributed by atoms with E-state index in [1.54, 1.807) is 0 Å². The lowest BCUT2D eigenvalue weighted by atomic mass is 9.83. The lowest BCUT2D eigenvalue weighted by Gasteiger charge is -2.31. The first-order valence-corrected chi connectivity index (χ1v) is 6.02. The summed E-state index contributed by atoms with van der Waals surface area (Å²) in [5, 5.41) is 12.2. The molecule has 0 atom stereocenters. The zero-order valence-electron chi connectivity index (χ0n) is 9.33. The van der Waals surface area contributed by atoms with Gasteiger partial charge in [0.05, 0.1) is 6.07 Å². The number of amides is 1. The second-order valence-corrected chi connectivity index (χ2v) is 4.68. The van der Waals surface area contributed by atoms with Crippen LogP contribution < -0.4 is 5.32 Å². The third kappa shape index (κ3) is 2.62. The van der Waals surface area contributed by atoms with Crippen LogP contribution in [-0.4, -0.2) is 11.4 Å². The topological polar surface area (TPSA) is 66.0 Å². The summed E-state index contributed by atoms with van der Waals surface area (Å²) in [5.74, 6) is -0.226. The van der Waals surface area contributed by atoms with E-state index in [2.05, 4.69) is 11.4 Å². The number of nitrogens with one attached hydrogen (secondary N) is 1. The van der Waals surface area contributed by atoms with Crippen LogP contribution in [0.25, 0.3) is 0 Å². The molecule has 17 heavy (non-hydrogen) atoms. The highest BCUT2D eigenvalue weighted by molar-refractivity contribution is 6.29. The predicted molar refractivity (Wildman–Crippen MR) is 62.6 cm³/mol. The monoisotopic (exact) mass is 252 g/mol. The fraction of sp³-hybridized carbons (Fsp3) is 0.500. The predicted octanol–water partition coefficient (Wildman–Crippen LogP) is 2.89. The van der Waals surface area contributed by atoms with Crippen molar-refractivity contribution in [2.75, 3.05) is 0 Å². The quantitative estimate of drug-likeness (QED) is 0.880. The molecule has 0 aliphatic heterocycles. The first kappa shape index (κ1) is 12.0. The van der Waals surface area contributed by atoms with Crippen molar-refractivity contribution >= 4 is 17.5 Å². The Morgan fingerprint density at radius 2 is 2.12 bits per heavy atom. The second-order valence-electron chi connectivity index (χ2n) is 4.31. The van der Waals surface area contributed by atoms with Crippen molar-refractivity contribution in [1.29, 1.82) is 5.26 Å². The molecule has 0 radical (unpaired) electrons. The average molecular weight is 253 g/mol. The van der Waals surface area contributed by atoms with Crippen LogP contribution in [0.2, 0.25) is 5.22 Å². The molecule has 0 bridgehead atoms. The number of furan rings is 1. The Hall–Kier alpha value is -1.47. The van der Waals surface area contributed by atoms with Gasteiger partial charge in [0.25, 0.3) is 5.91 Å². The van der Waals surface area contributed by atoms with E-state index >= 15 is 0 Å². The molecule has 5 heteroatoms. The fourth-order valence-corrected chi connectivity index (χ4v) is 2.28. The van der Waals surface area contributed by atoms with Crippen molar-refractivity contribution in [3.63, 3.8) is 0 Å². The van der Waals surface area contributed by atoms with Crippen LogP contribution in [0.5, 0.6) is 0 Å². The van der Waals surface area contributed by atoms with Gasteiger partial charge < -0.3 is 9.73 Å². The molecule has 0 saturated heterocycles. The van der Waals surface area contributed by atoms with Crippen molar-refractivity contribution in [3.8, 4) is 6.07 Å². The minimum absolute atomic E-state index is 0.148. The van der Waals surface area contributed by atoms with E-state index in [0.29, 0.717) is 12.8 Å². The number of nitriles is 1. The normalized spacial score (nSPS) is 18.4. The van der Waals surface area contributed by atoms with Crippen LogP contribution in [0.3, 0.4) is 0 Å². The van der Waals surface area contributed by atoms with Gasteiger partial charge in [0, 0.05) is 0 Å². The zero-order chi connectivity index (χ0) is 12.3. The summed E-state index contributed by atoms with van der Waals surface area (Å²) >= 11 is 5.60. The summed E-state index contributed by atoms with van der Waals surface area (Å²) in [6.07, 6.45) is 4.44. The van der Waals surface area contributed by atoms with Crippen LogP contribution in [0.15, 0.2) is 16.5 Å². The van der Waals surface area contributed by atoms with Gasteiger partial charge in [-0.1, -0.05) is 19.3 Å². The van der Waals surface area contributed by atoms with Gasteiger partial charge in [-0.05, 0) is 36.6 Å². The molecule has 1 fully saturated rings. The van der Waals surface area contributed by atoms with Gasteiger partial charge in [0.2, 0.25) is 0 Å². The second kappa shape index (κ2) is 4.80. The van der Waals surface area contributed by atoms with E-state index in [1.165, 1.54) is 12.1 Å². The van der Waals surface area contributed by atoms with Gasteiger partial charge >= 0.3 is 0 Å². The van der Waals surface area contributed by atoms with Crippen LogP contribution in [0, 0.1) is 11.3 Å². The summed E-state index contributed by atoms with van der Waals surface area (Å²) in [5.41, 5.74) is -0.741. The minimum atomic E-state index is -0.741. The SMILES string of the molecule is N#CC1(NC(=O)c2ccc(Cl)o2)CCCCC1. The van der Waals surface area contributed by atoms with Crippen LogP contribution in [-0.2, 0) is 0 Å². The number of hydrogen-bond acceptors (Lipinski definition) is 3. The molecule has 0 aromatic carbocycles. The molecule has 2 rings (SSSR count). The van der Waals surface area contributed by atoms with E-state index in [4.69, 9.17) is 16.0 Å². The fourth-order valence-electron chi connectivity index (χ4n) is 2.14. The van der Waals surface area contributed by atoms with E-state index < -0.39 is 5.54 Å². The summed E-state index contributed by atoms with van der Waals surface area (Å²) in [6.45, 7) is 0. The van der Waals surface area contributed by atoms with Gasteiger partial charge in [-0.15, -0.1) is 0 Å². The van der Waals surface area contributed by atoms with Crippen LogP contribution in [0.4, 0.5) is 0 Å². The maximum Gasteiger partial charge on any atom is 0.288 e. The largest absolute Gasteiger partial charge is 0.440 e. The molecule has 1 aliphatic carbocycles. The standard InChI is InChI=1S/C12H13ClN2O2/c13-10-5-4-9(17-10)11(16)15-12(8-14)6-2-1-3-7-12/h4-5H,1-3,6-7H2,(H,15,16). The Kier molecular flexibility index (Phi) is 3.39. The van der Waals surface area contributed by atoms with Crippen molar-refractivity contribution in [2.24, 2.45) is 0 Å². The molecule has 90 valence electrons. The van der Waals surface area contributed by atoms with Gasteiger partial charge in [0.1, 0.15) is 5.54 Å². The van der Waals surface area contributed by atoms with Crippen molar-refractivity contribution in [2.45, 2.75) is 37.6 Å². The van der Waals surface area contributed by atoms with Gasteiger partial charge in [-0.25, -0.2) is 0 Å². The highest BCUT2D eigenvalue weighted by atomic mass is 35.5. The van der Waals surface area contributed by atoms with Gasteiger partial charge in [-0.2, -0.15) is 5.26 Å². The van der Waals surface area contributed by atoms with Crippen LogP contribution in [0.1, 0.15) is 42.7 Å². The van der Waals surface area contributed by atoms with Crippen LogP contribution >= 0.6 is 11.6 Å². The molecule has 0 spiro atoms. The molecule has 1 aromatic heterocycles. The molecule has 1 saturated carbocycles. The molecule has 1 heterocycles. The average Bonchev–Trinajstić information content (AvgIpc) is 2.77. The van der Waals surface area contributed by atoms with E-state index in [1.807, 2.05) is 0 Å². The van der Waals surface area contributed by atoms with E-state index in [-0.39, 0.29) is 16.9 Å². The van der Waals surface area contributed by atoms with Gasteiger partial charge in [-0.3, -0.25) is 4.79 Å². The number of carbonyl (C=O) groups excluding carboxylic acids is 1.